The maximum atomic E-state index is 13.6. The number of amides is 2. The quantitative estimate of drug-likeness (QED) is 0.815. The standard InChI is InChI=1S/C15H12ClF2N3O2/c16-13-4-1-8(7-20-13)5-12(14(19)22)21-15(23)10-3-2-9(17)6-11(10)18/h1-4,6-7,12H,5H2,(H2,19,22)(H,21,23)/t12-/m0/s1. The zero-order valence-corrected chi connectivity index (χ0v) is 12.5. The summed E-state index contributed by atoms with van der Waals surface area (Å²) in [5.74, 6) is -3.50. The van der Waals surface area contributed by atoms with E-state index in [9.17, 15) is 18.4 Å². The summed E-state index contributed by atoms with van der Waals surface area (Å²) in [5.41, 5.74) is 5.48. The zero-order chi connectivity index (χ0) is 17.0. The van der Waals surface area contributed by atoms with Gasteiger partial charge in [-0.1, -0.05) is 17.7 Å². The van der Waals surface area contributed by atoms with Gasteiger partial charge in [-0.05, 0) is 23.8 Å². The molecule has 0 bridgehead atoms. The van der Waals surface area contributed by atoms with E-state index < -0.39 is 29.5 Å². The molecule has 5 nitrogen and oxygen atoms in total. The molecule has 1 aromatic heterocycles. The van der Waals surface area contributed by atoms with Crippen molar-refractivity contribution in [1.29, 1.82) is 0 Å². The first-order valence-corrected chi connectivity index (χ1v) is 6.90. The van der Waals surface area contributed by atoms with Gasteiger partial charge < -0.3 is 11.1 Å². The number of hydrogen-bond donors (Lipinski definition) is 2. The topological polar surface area (TPSA) is 85.1 Å². The van der Waals surface area contributed by atoms with Gasteiger partial charge in [-0.2, -0.15) is 0 Å². The molecule has 0 aliphatic rings. The first kappa shape index (κ1) is 16.8. The van der Waals surface area contributed by atoms with Crippen LogP contribution in [0.25, 0.3) is 0 Å². The lowest BCUT2D eigenvalue weighted by molar-refractivity contribution is -0.119. The number of nitrogens with two attached hydrogens (primary N) is 1. The lowest BCUT2D eigenvalue weighted by Crippen LogP contribution is -2.46. The Morgan fingerprint density at radius 3 is 2.57 bits per heavy atom. The van der Waals surface area contributed by atoms with Crippen LogP contribution >= 0.6 is 11.6 Å². The number of aromatic nitrogens is 1. The minimum atomic E-state index is -1.07. The highest BCUT2D eigenvalue weighted by molar-refractivity contribution is 6.29. The molecule has 1 aromatic carbocycles. The van der Waals surface area contributed by atoms with Crippen LogP contribution in [0.5, 0.6) is 0 Å². The number of halogens is 3. The predicted octanol–water partition coefficient (Wildman–Crippen LogP) is 1.84. The SMILES string of the molecule is NC(=O)[C@H](Cc1ccc(Cl)nc1)NC(=O)c1ccc(F)cc1F. The Balaban J connectivity index is 2.14. The summed E-state index contributed by atoms with van der Waals surface area (Å²) in [6.07, 6.45) is 1.50. The molecule has 2 amide bonds. The van der Waals surface area contributed by atoms with E-state index in [1.165, 1.54) is 12.3 Å². The van der Waals surface area contributed by atoms with Crippen molar-refractivity contribution in [2.75, 3.05) is 0 Å². The largest absolute Gasteiger partial charge is 0.368 e. The van der Waals surface area contributed by atoms with Crippen LogP contribution in [0.3, 0.4) is 0 Å². The van der Waals surface area contributed by atoms with E-state index in [-0.39, 0.29) is 17.1 Å². The Kier molecular flexibility index (Phi) is 5.23. The Morgan fingerprint density at radius 2 is 2.00 bits per heavy atom. The van der Waals surface area contributed by atoms with Crippen LogP contribution in [-0.4, -0.2) is 22.8 Å². The van der Waals surface area contributed by atoms with E-state index in [1.807, 2.05) is 0 Å². The zero-order valence-electron chi connectivity index (χ0n) is 11.7. The molecule has 120 valence electrons. The third-order valence-electron chi connectivity index (χ3n) is 3.05. The predicted molar refractivity (Wildman–Crippen MR) is 79.8 cm³/mol. The summed E-state index contributed by atoms with van der Waals surface area (Å²) in [6, 6.07) is 4.58. The molecule has 1 heterocycles. The number of carbonyl (C=O) groups excluding carboxylic acids is 2. The van der Waals surface area contributed by atoms with Gasteiger partial charge in [0.15, 0.2) is 0 Å². The molecule has 0 radical (unpaired) electrons. The smallest absolute Gasteiger partial charge is 0.254 e. The van der Waals surface area contributed by atoms with E-state index in [1.54, 1.807) is 6.07 Å². The molecule has 0 aliphatic heterocycles. The number of primary amides is 1. The lowest BCUT2D eigenvalue weighted by Gasteiger charge is -2.15. The van der Waals surface area contributed by atoms with Crippen LogP contribution in [-0.2, 0) is 11.2 Å². The van der Waals surface area contributed by atoms with E-state index >= 15 is 0 Å². The van der Waals surface area contributed by atoms with Crippen molar-refractivity contribution in [3.8, 4) is 0 Å². The highest BCUT2D eigenvalue weighted by Gasteiger charge is 2.21. The molecule has 0 spiro atoms. The summed E-state index contributed by atoms with van der Waals surface area (Å²) in [4.78, 5) is 27.4. The highest BCUT2D eigenvalue weighted by Crippen LogP contribution is 2.11. The van der Waals surface area contributed by atoms with Gasteiger partial charge in [0.2, 0.25) is 5.91 Å². The van der Waals surface area contributed by atoms with E-state index in [4.69, 9.17) is 17.3 Å². The average Bonchev–Trinajstić information content (AvgIpc) is 2.48. The second-order valence-corrected chi connectivity index (χ2v) is 5.13. The maximum Gasteiger partial charge on any atom is 0.254 e. The maximum absolute atomic E-state index is 13.6. The van der Waals surface area contributed by atoms with E-state index in [0.29, 0.717) is 11.6 Å². The normalized spacial score (nSPS) is 11.8. The van der Waals surface area contributed by atoms with Crippen LogP contribution in [0.2, 0.25) is 5.15 Å². The lowest BCUT2D eigenvalue weighted by atomic mass is 10.1. The molecule has 3 N–H and O–H groups in total. The fourth-order valence-electron chi connectivity index (χ4n) is 1.90. The summed E-state index contributed by atoms with van der Waals surface area (Å²) in [7, 11) is 0. The molecule has 0 saturated carbocycles. The molecule has 0 fully saturated rings. The van der Waals surface area contributed by atoms with E-state index in [0.717, 1.165) is 12.1 Å². The average molecular weight is 340 g/mol. The number of pyridine rings is 1. The fourth-order valence-corrected chi connectivity index (χ4v) is 2.01. The van der Waals surface area contributed by atoms with Gasteiger partial charge in [-0.15, -0.1) is 0 Å². The summed E-state index contributed by atoms with van der Waals surface area (Å²) < 4.78 is 26.4. The number of nitrogens with one attached hydrogen (secondary N) is 1. The number of benzene rings is 1. The monoisotopic (exact) mass is 339 g/mol. The Bertz CT molecular complexity index is 738. The number of hydrogen-bond acceptors (Lipinski definition) is 3. The van der Waals surface area contributed by atoms with Crippen molar-refractivity contribution < 1.29 is 18.4 Å². The van der Waals surface area contributed by atoms with Crippen molar-refractivity contribution in [3.05, 3.63) is 64.4 Å². The molecule has 23 heavy (non-hydrogen) atoms. The van der Waals surface area contributed by atoms with Gasteiger partial charge in [0.25, 0.3) is 5.91 Å². The summed E-state index contributed by atoms with van der Waals surface area (Å²) in [5, 5.41) is 2.60. The van der Waals surface area contributed by atoms with Crippen molar-refractivity contribution in [2.45, 2.75) is 12.5 Å². The van der Waals surface area contributed by atoms with Crippen LogP contribution in [0.15, 0.2) is 36.5 Å². The summed E-state index contributed by atoms with van der Waals surface area (Å²) >= 11 is 5.66. The van der Waals surface area contributed by atoms with Crippen LogP contribution in [0, 0.1) is 11.6 Å². The summed E-state index contributed by atoms with van der Waals surface area (Å²) in [6.45, 7) is 0. The molecule has 2 aromatic rings. The number of rotatable bonds is 5. The Labute approximate surface area is 135 Å². The third-order valence-corrected chi connectivity index (χ3v) is 3.28. The van der Waals surface area contributed by atoms with Crippen LogP contribution < -0.4 is 11.1 Å². The Hall–Kier alpha value is -2.54. The van der Waals surface area contributed by atoms with Gasteiger partial charge in [0.1, 0.15) is 22.8 Å². The molecular formula is C15H12ClF2N3O2. The third kappa shape index (κ3) is 4.46. The highest BCUT2D eigenvalue weighted by atomic mass is 35.5. The number of nitrogens with zero attached hydrogens (tertiary/aromatic N) is 1. The molecule has 2 rings (SSSR count). The molecular weight excluding hydrogens is 328 g/mol. The minimum absolute atomic E-state index is 0.0635. The van der Waals surface area contributed by atoms with Crippen molar-refractivity contribution in [1.82, 2.24) is 10.3 Å². The van der Waals surface area contributed by atoms with Gasteiger partial charge >= 0.3 is 0 Å². The second-order valence-electron chi connectivity index (χ2n) is 4.75. The Morgan fingerprint density at radius 1 is 1.26 bits per heavy atom. The minimum Gasteiger partial charge on any atom is -0.368 e. The molecule has 8 heteroatoms. The molecule has 1 atom stereocenters. The molecule has 0 aliphatic carbocycles. The second kappa shape index (κ2) is 7.15. The first-order valence-electron chi connectivity index (χ1n) is 6.52. The molecule has 0 unspecified atom stereocenters. The van der Waals surface area contributed by atoms with Crippen molar-refractivity contribution in [3.63, 3.8) is 0 Å². The van der Waals surface area contributed by atoms with Crippen molar-refractivity contribution >= 4 is 23.4 Å². The van der Waals surface area contributed by atoms with Gasteiger partial charge in [0.05, 0.1) is 5.56 Å². The van der Waals surface area contributed by atoms with Gasteiger partial charge in [-0.3, -0.25) is 9.59 Å². The fraction of sp³-hybridized carbons (Fsp3) is 0.133. The van der Waals surface area contributed by atoms with Crippen LogP contribution in [0.1, 0.15) is 15.9 Å². The molecule has 0 saturated heterocycles. The first-order chi connectivity index (χ1) is 10.9. The van der Waals surface area contributed by atoms with Crippen molar-refractivity contribution in [2.24, 2.45) is 5.73 Å². The number of carbonyl (C=O) groups is 2. The van der Waals surface area contributed by atoms with E-state index in [2.05, 4.69) is 10.3 Å². The van der Waals surface area contributed by atoms with Crippen LogP contribution in [0.4, 0.5) is 8.78 Å². The van der Waals surface area contributed by atoms with Gasteiger partial charge in [0, 0.05) is 18.7 Å². The van der Waals surface area contributed by atoms with Gasteiger partial charge in [-0.25, -0.2) is 13.8 Å².